The molecule has 1 N–H and O–H groups in total. The van der Waals surface area contributed by atoms with E-state index in [-0.39, 0.29) is 11.8 Å². The Morgan fingerprint density at radius 1 is 1.00 bits per heavy atom. The van der Waals surface area contributed by atoms with Gasteiger partial charge < -0.3 is 10.0 Å². The molecule has 148 valence electrons. The van der Waals surface area contributed by atoms with Crippen molar-refractivity contribution in [1.82, 2.24) is 14.7 Å². The maximum atomic E-state index is 13.4. The van der Waals surface area contributed by atoms with Gasteiger partial charge in [-0.15, -0.1) is 0 Å². The van der Waals surface area contributed by atoms with Gasteiger partial charge in [-0.1, -0.05) is 42.5 Å². The van der Waals surface area contributed by atoms with E-state index < -0.39 is 5.97 Å². The van der Waals surface area contributed by atoms with Gasteiger partial charge >= 0.3 is 5.97 Å². The minimum atomic E-state index is -0.783. The number of nitrogens with zero attached hydrogens (tertiary/aromatic N) is 3. The molecule has 0 unspecified atom stereocenters. The van der Waals surface area contributed by atoms with Gasteiger partial charge in [0.25, 0.3) is 5.91 Å². The predicted molar refractivity (Wildman–Crippen MR) is 110 cm³/mol. The van der Waals surface area contributed by atoms with E-state index in [1.165, 1.54) is 0 Å². The highest BCUT2D eigenvalue weighted by molar-refractivity contribution is 6.00. The molecule has 0 aliphatic carbocycles. The van der Waals surface area contributed by atoms with Gasteiger partial charge in [0.05, 0.1) is 17.2 Å². The predicted octanol–water partition coefficient (Wildman–Crippen LogP) is 3.78. The highest BCUT2D eigenvalue weighted by atomic mass is 16.4. The van der Waals surface area contributed by atoms with E-state index in [1.807, 2.05) is 61.5 Å². The summed E-state index contributed by atoms with van der Waals surface area (Å²) in [7, 11) is 0. The van der Waals surface area contributed by atoms with Crippen molar-refractivity contribution in [3.05, 3.63) is 71.9 Å². The molecule has 1 aliphatic rings. The summed E-state index contributed by atoms with van der Waals surface area (Å²) in [6.45, 7) is 2.89. The molecule has 29 heavy (non-hydrogen) atoms. The Morgan fingerprint density at radius 2 is 1.66 bits per heavy atom. The second-order valence-corrected chi connectivity index (χ2v) is 7.39. The number of carbonyl (C=O) groups is 2. The van der Waals surface area contributed by atoms with E-state index >= 15 is 0 Å². The Morgan fingerprint density at radius 3 is 2.31 bits per heavy atom. The molecule has 6 nitrogen and oxygen atoms in total. The quantitative estimate of drug-likeness (QED) is 0.737. The number of aromatic nitrogens is 2. The molecule has 2 aromatic carbocycles. The molecule has 1 aliphatic heterocycles. The summed E-state index contributed by atoms with van der Waals surface area (Å²) in [5, 5.41) is 14.0. The lowest BCUT2D eigenvalue weighted by atomic mass is 9.96. The summed E-state index contributed by atoms with van der Waals surface area (Å²) < 4.78 is 1.74. The van der Waals surface area contributed by atoms with E-state index in [1.54, 1.807) is 15.8 Å². The maximum absolute atomic E-state index is 13.4. The van der Waals surface area contributed by atoms with E-state index in [0.717, 1.165) is 16.8 Å². The summed E-state index contributed by atoms with van der Waals surface area (Å²) in [5.41, 5.74) is 4.04. The maximum Gasteiger partial charge on any atom is 0.306 e. The summed E-state index contributed by atoms with van der Waals surface area (Å²) in [4.78, 5) is 26.3. The second kappa shape index (κ2) is 7.91. The summed E-state index contributed by atoms with van der Waals surface area (Å²) >= 11 is 0. The van der Waals surface area contributed by atoms with Gasteiger partial charge in [0, 0.05) is 24.8 Å². The van der Waals surface area contributed by atoms with Crippen LogP contribution in [0.3, 0.4) is 0 Å². The smallest absolute Gasteiger partial charge is 0.306 e. The first-order valence-corrected chi connectivity index (χ1v) is 9.78. The molecule has 1 fully saturated rings. The Kier molecular flexibility index (Phi) is 5.16. The zero-order valence-corrected chi connectivity index (χ0v) is 16.3. The van der Waals surface area contributed by atoms with Crippen LogP contribution in [0.5, 0.6) is 0 Å². The largest absolute Gasteiger partial charge is 0.481 e. The van der Waals surface area contributed by atoms with Crippen LogP contribution in [0.1, 0.15) is 28.8 Å². The number of aliphatic carboxylic acids is 1. The average molecular weight is 389 g/mol. The van der Waals surface area contributed by atoms with Gasteiger partial charge in [-0.2, -0.15) is 5.10 Å². The average Bonchev–Trinajstić information content (AvgIpc) is 3.19. The van der Waals surface area contributed by atoms with E-state index in [4.69, 9.17) is 5.10 Å². The van der Waals surface area contributed by atoms with Gasteiger partial charge in [-0.25, -0.2) is 4.68 Å². The molecule has 0 atom stereocenters. The number of hydrogen-bond acceptors (Lipinski definition) is 3. The fourth-order valence-corrected chi connectivity index (χ4v) is 3.78. The lowest BCUT2D eigenvalue weighted by molar-refractivity contribution is -0.143. The highest BCUT2D eigenvalue weighted by Gasteiger charge is 2.30. The molecular formula is C23H23N3O3. The second-order valence-electron chi connectivity index (χ2n) is 7.39. The minimum Gasteiger partial charge on any atom is -0.481 e. The van der Waals surface area contributed by atoms with Crippen molar-refractivity contribution in [3.63, 3.8) is 0 Å². The molecule has 1 amide bonds. The van der Waals surface area contributed by atoms with E-state index in [0.29, 0.717) is 37.2 Å². The number of hydrogen-bond donors (Lipinski definition) is 1. The fourth-order valence-electron chi connectivity index (χ4n) is 3.78. The third kappa shape index (κ3) is 3.78. The third-order valence-electron chi connectivity index (χ3n) is 5.50. The van der Waals surface area contributed by atoms with Crippen LogP contribution in [0.4, 0.5) is 0 Å². The first-order valence-electron chi connectivity index (χ1n) is 9.78. The van der Waals surface area contributed by atoms with Crippen LogP contribution in [0, 0.1) is 12.8 Å². The van der Waals surface area contributed by atoms with Crippen molar-refractivity contribution in [2.75, 3.05) is 13.1 Å². The first-order chi connectivity index (χ1) is 14.0. The van der Waals surface area contributed by atoms with Gasteiger partial charge in [0.1, 0.15) is 5.69 Å². The molecule has 0 saturated carbocycles. The van der Waals surface area contributed by atoms with Gasteiger partial charge in [-0.05, 0) is 37.5 Å². The molecule has 4 rings (SSSR count). The van der Waals surface area contributed by atoms with Crippen LogP contribution in [0.25, 0.3) is 16.9 Å². The van der Waals surface area contributed by atoms with Crippen LogP contribution >= 0.6 is 0 Å². The van der Waals surface area contributed by atoms with Crippen molar-refractivity contribution in [1.29, 1.82) is 0 Å². The Bertz CT molecular complexity index is 1030. The van der Waals surface area contributed by atoms with E-state index in [2.05, 4.69) is 0 Å². The number of carboxylic acids is 1. The van der Waals surface area contributed by atoms with E-state index in [9.17, 15) is 14.7 Å². The molecule has 6 heteroatoms. The van der Waals surface area contributed by atoms with Crippen molar-refractivity contribution in [2.24, 2.45) is 5.92 Å². The molecule has 0 spiro atoms. The zero-order valence-electron chi connectivity index (χ0n) is 16.3. The van der Waals surface area contributed by atoms with Gasteiger partial charge in [-0.3, -0.25) is 9.59 Å². The van der Waals surface area contributed by atoms with Crippen LogP contribution in [-0.4, -0.2) is 44.8 Å². The lowest BCUT2D eigenvalue weighted by Crippen LogP contribution is -2.40. The number of rotatable bonds is 4. The van der Waals surface area contributed by atoms with Crippen molar-refractivity contribution in [3.8, 4) is 16.9 Å². The number of likely N-dealkylation sites (tertiary alicyclic amines) is 1. The number of aryl methyl sites for hydroxylation is 1. The molecule has 2 heterocycles. The van der Waals surface area contributed by atoms with Gasteiger partial charge in [0.15, 0.2) is 0 Å². The van der Waals surface area contributed by atoms with Crippen molar-refractivity contribution < 1.29 is 14.7 Å². The van der Waals surface area contributed by atoms with Crippen LogP contribution in [0.2, 0.25) is 0 Å². The lowest BCUT2D eigenvalue weighted by Gasteiger charge is -2.30. The summed E-state index contributed by atoms with van der Waals surface area (Å²) in [5.74, 6) is -1.26. The first kappa shape index (κ1) is 18.9. The fraction of sp³-hybridized carbons (Fsp3) is 0.261. The van der Waals surface area contributed by atoms with Crippen molar-refractivity contribution >= 4 is 11.9 Å². The normalized spacial score (nSPS) is 14.7. The minimum absolute atomic E-state index is 0.103. The number of carbonyl (C=O) groups excluding carboxylic acids is 1. The zero-order chi connectivity index (χ0) is 20.4. The molecule has 1 aromatic heterocycles. The molecule has 3 aromatic rings. The van der Waals surface area contributed by atoms with Crippen molar-refractivity contribution in [2.45, 2.75) is 19.8 Å². The molecule has 0 bridgehead atoms. The Hall–Kier alpha value is -3.41. The number of piperidine rings is 1. The van der Waals surface area contributed by atoms with Crippen LogP contribution < -0.4 is 0 Å². The molecule has 0 radical (unpaired) electrons. The highest BCUT2D eigenvalue weighted by Crippen LogP contribution is 2.29. The third-order valence-corrected chi connectivity index (χ3v) is 5.50. The van der Waals surface area contributed by atoms with Gasteiger partial charge in [0.2, 0.25) is 0 Å². The van der Waals surface area contributed by atoms with Crippen LogP contribution in [0.15, 0.2) is 60.8 Å². The number of para-hydroxylation sites is 1. The summed E-state index contributed by atoms with van der Waals surface area (Å²) in [6.07, 6.45) is 2.74. The molecular weight excluding hydrogens is 366 g/mol. The number of carboxylic acid groups (broad SMARTS) is 1. The number of amides is 1. The summed E-state index contributed by atoms with van der Waals surface area (Å²) in [6, 6.07) is 17.6. The Balaban J connectivity index is 1.72. The monoisotopic (exact) mass is 389 g/mol. The Labute approximate surface area is 169 Å². The number of benzene rings is 2. The van der Waals surface area contributed by atoms with Crippen LogP contribution in [-0.2, 0) is 4.79 Å². The topological polar surface area (TPSA) is 75.4 Å². The molecule has 1 saturated heterocycles. The SMILES string of the molecule is Cc1ccccc1-c1nn(-c2ccccc2)cc1C(=O)N1CCC(C(=O)O)CC1. The standard InChI is InChI=1S/C23H23N3O3/c1-16-7-5-6-10-19(16)21-20(15-26(24-21)18-8-3-2-4-9-18)22(27)25-13-11-17(12-14-25)23(28)29/h2-10,15,17H,11-14H2,1H3,(H,28,29).